The second-order valence-electron chi connectivity index (χ2n) is 6.23. The highest BCUT2D eigenvalue weighted by Gasteiger charge is 2.27. The molecule has 0 aromatic heterocycles. The minimum absolute atomic E-state index is 0.273. The lowest BCUT2D eigenvalue weighted by Gasteiger charge is -2.31. The van der Waals surface area contributed by atoms with Crippen molar-refractivity contribution in [3.63, 3.8) is 0 Å². The van der Waals surface area contributed by atoms with Crippen LogP contribution >= 0.6 is 0 Å². The molecule has 112 valence electrons. The summed E-state index contributed by atoms with van der Waals surface area (Å²) in [4.78, 5) is 0. The first-order chi connectivity index (χ1) is 10.3. The van der Waals surface area contributed by atoms with Crippen molar-refractivity contribution in [2.75, 3.05) is 0 Å². The Morgan fingerprint density at radius 2 is 1.19 bits per heavy atom. The quantitative estimate of drug-likeness (QED) is 0.491. The zero-order valence-electron chi connectivity index (χ0n) is 13.5. The Labute approximate surface area is 133 Å². The third-order valence-electron chi connectivity index (χ3n) is 4.60. The van der Waals surface area contributed by atoms with Crippen molar-refractivity contribution < 1.29 is 0 Å². The van der Waals surface area contributed by atoms with Crippen LogP contribution in [0.2, 0.25) is 0 Å². The maximum atomic E-state index is 2.31. The summed E-state index contributed by atoms with van der Waals surface area (Å²) in [5.74, 6) is 0. The molecule has 0 heterocycles. The summed E-state index contributed by atoms with van der Waals surface area (Å²) in [7, 11) is 1.16. The van der Waals surface area contributed by atoms with Gasteiger partial charge in [-0.15, -0.1) is 0 Å². The zero-order chi connectivity index (χ0) is 15.0. The van der Waals surface area contributed by atoms with Gasteiger partial charge in [0, 0.05) is 15.3 Å². The highest BCUT2D eigenvalue weighted by Crippen LogP contribution is 2.34. The molecule has 0 saturated heterocycles. The van der Waals surface area contributed by atoms with Gasteiger partial charge >= 0.3 is 0 Å². The molecular weight excluding hydrogens is 268 g/mol. The van der Waals surface area contributed by atoms with Crippen LogP contribution in [-0.4, -0.2) is 10.2 Å². The van der Waals surface area contributed by atoms with E-state index in [9.17, 15) is 0 Å². The smallest absolute Gasteiger partial charge is 0.0218 e. The summed E-state index contributed by atoms with van der Waals surface area (Å²) in [6.45, 7) is 2.28. The summed E-state index contributed by atoms with van der Waals surface area (Å²) < 4.78 is 0. The van der Waals surface area contributed by atoms with Crippen LogP contribution < -0.4 is 0 Å². The van der Waals surface area contributed by atoms with E-state index in [2.05, 4.69) is 67.6 Å². The monoisotopic (exact) mass is 296 g/mol. The number of hydrogen-bond acceptors (Lipinski definition) is 0. The number of benzene rings is 2. The maximum absolute atomic E-state index is 2.31. The predicted octanol–water partition coefficient (Wildman–Crippen LogP) is 4.66. The number of rotatable bonds is 8. The van der Waals surface area contributed by atoms with Crippen molar-refractivity contribution >= 4 is 10.2 Å². The largest absolute Gasteiger partial charge is 0.0654 e. The molecule has 0 aliphatic carbocycles. The number of hydrogen-bond donors (Lipinski definition) is 0. The lowest BCUT2D eigenvalue weighted by molar-refractivity contribution is 0.551. The van der Waals surface area contributed by atoms with Crippen molar-refractivity contribution in [1.82, 2.24) is 0 Å². The Bertz CT molecular complexity index is 464. The Kier molecular flexibility index (Phi) is 6.25. The molecule has 0 N–H and O–H groups in total. The molecule has 0 radical (unpaired) electrons. The first kappa shape index (κ1) is 16.0. The Morgan fingerprint density at radius 1 is 0.714 bits per heavy atom. The van der Waals surface area contributed by atoms with E-state index >= 15 is 0 Å². The van der Waals surface area contributed by atoms with Crippen LogP contribution in [0.1, 0.15) is 56.6 Å². The Balaban J connectivity index is 2.15. The fourth-order valence-electron chi connectivity index (χ4n) is 3.15. The van der Waals surface area contributed by atoms with Gasteiger partial charge in [0.25, 0.3) is 0 Å². The lowest BCUT2D eigenvalue weighted by Crippen LogP contribution is -2.28. The van der Waals surface area contributed by atoms with Crippen LogP contribution in [0.15, 0.2) is 60.7 Å². The van der Waals surface area contributed by atoms with Gasteiger partial charge in [0.2, 0.25) is 0 Å². The molecular formula is C20H28Si. The summed E-state index contributed by atoms with van der Waals surface area (Å²) in [5, 5.41) is 0.273. The molecule has 0 aliphatic heterocycles. The highest BCUT2D eigenvalue weighted by atomic mass is 28.1. The van der Waals surface area contributed by atoms with Gasteiger partial charge in [0.1, 0.15) is 0 Å². The van der Waals surface area contributed by atoms with Crippen LogP contribution in [0.4, 0.5) is 0 Å². The van der Waals surface area contributed by atoms with Gasteiger partial charge in [-0.3, -0.25) is 0 Å². The van der Waals surface area contributed by atoms with E-state index in [0.717, 1.165) is 10.2 Å². The summed E-state index contributed by atoms with van der Waals surface area (Å²) in [6.07, 6.45) is 8.09. The first-order valence-corrected chi connectivity index (χ1v) is 9.38. The molecule has 1 heteroatoms. The van der Waals surface area contributed by atoms with E-state index in [-0.39, 0.29) is 5.04 Å². The third kappa shape index (κ3) is 4.31. The minimum Gasteiger partial charge on any atom is -0.0654 e. The van der Waals surface area contributed by atoms with Gasteiger partial charge in [-0.25, -0.2) is 0 Å². The molecule has 0 aliphatic rings. The molecule has 0 bridgehead atoms. The van der Waals surface area contributed by atoms with E-state index in [1.165, 1.54) is 49.7 Å². The fraction of sp³-hybridized carbons (Fsp3) is 0.400. The van der Waals surface area contributed by atoms with Crippen molar-refractivity contribution in [1.29, 1.82) is 0 Å². The van der Waals surface area contributed by atoms with Crippen LogP contribution in [0.25, 0.3) is 0 Å². The molecule has 0 nitrogen and oxygen atoms in total. The zero-order valence-corrected chi connectivity index (χ0v) is 15.5. The number of unbranched alkanes of at least 4 members (excludes halogenated alkanes) is 4. The van der Waals surface area contributed by atoms with Crippen LogP contribution in [0.5, 0.6) is 0 Å². The normalized spacial score (nSPS) is 11.7. The minimum atomic E-state index is 0.273. The van der Waals surface area contributed by atoms with Crippen LogP contribution in [0.3, 0.4) is 0 Å². The van der Waals surface area contributed by atoms with E-state index < -0.39 is 0 Å². The molecule has 0 spiro atoms. The molecule has 2 rings (SSSR count). The summed E-state index contributed by atoms with van der Waals surface area (Å²) >= 11 is 0. The molecule has 0 amide bonds. The average molecular weight is 297 g/mol. The molecule has 0 fully saturated rings. The van der Waals surface area contributed by atoms with Crippen molar-refractivity contribution in [2.24, 2.45) is 0 Å². The topological polar surface area (TPSA) is 0 Å². The molecule has 0 unspecified atom stereocenters. The van der Waals surface area contributed by atoms with E-state index in [0.29, 0.717) is 0 Å². The summed E-state index contributed by atoms with van der Waals surface area (Å²) in [6, 6.07) is 22.2. The molecule has 21 heavy (non-hydrogen) atoms. The van der Waals surface area contributed by atoms with E-state index in [4.69, 9.17) is 0 Å². The standard InChI is InChI=1S/C20H28Si/c1-2-3-4-5-12-17-20(21,18-13-8-6-9-14-18)19-15-10-7-11-16-19/h6-11,13-16H,2-5,12,17H2,1,21H3. The van der Waals surface area contributed by atoms with Gasteiger partial charge in [-0.05, 0) is 17.5 Å². The van der Waals surface area contributed by atoms with E-state index in [1.807, 2.05) is 0 Å². The highest BCUT2D eigenvalue weighted by molar-refractivity contribution is 6.18. The fourth-order valence-corrected chi connectivity index (χ4v) is 4.17. The van der Waals surface area contributed by atoms with E-state index in [1.54, 1.807) is 0 Å². The molecule has 0 atom stereocenters. The van der Waals surface area contributed by atoms with Crippen molar-refractivity contribution in [2.45, 2.75) is 50.5 Å². The van der Waals surface area contributed by atoms with Gasteiger partial charge in [0.15, 0.2) is 0 Å². The van der Waals surface area contributed by atoms with Crippen LogP contribution in [0, 0.1) is 0 Å². The summed E-state index contributed by atoms with van der Waals surface area (Å²) in [5.41, 5.74) is 3.00. The third-order valence-corrected chi connectivity index (χ3v) is 6.26. The average Bonchev–Trinajstić information content (AvgIpc) is 2.56. The van der Waals surface area contributed by atoms with Crippen molar-refractivity contribution in [3.05, 3.63) is 71.8 Å². The SMILES string of the molecule is CCCCCCCC([SiH3])(c1ccccc1)c1ccccc1. The Hall–Kier alpha value is -1.34. The maximum Gasteiger partial charge on any atom is 0.0218 e. The Morgan fingerprint density at radius 3 is 1.67 bits per heavy atom. The first-order valence-electron chi connectivity index (χ1n) is 8.38. The second kappa shape index (κ2) is 8.19. The van der Waals surface area contributed by atoms with Crippen LogP contribution in [-0.2, 0) is 5.04 Å². The molecule has 0 saturated carbocycles. The van der Waals surface area contributed by atoms with Gasteiger partial charge < -0.3 is 0 Å². The molecule has 2 aromatic carbocycles. The molecule has 2 aromatic rings. The lowest BCUT2D eigenvalue weighted by atomic mass is 9.85. The van der Waals surface area contributed by atoms with Gasteiger partial charge in [-0.2, -0.15) is 0 Å². The van der Waals surface area contributed by atoms with Gasteiger partial charge in [-0.1, -0.05) is 99.7 Å². The van der Waals surface area contributed by atoms with Gasteiger partial charge in [0.05, 0.1) is 0 Å². The second-order valence-corrected chi connectivity index (χ2v) is 7.94. The predicted molar refractivity (Wildman–Crippen MR) is 97.0 cm³/mol. The van der Waals surface area contributed by atoms with Crippen molar-refractivity contribution in [3.8, 4) is 0 Å².